The van der Waals surface area contributed by atoms with Gasteiger partial charge in [-0.25, -0.2) is 0 Å². The smallest absolute Gasteiger partial charge is 0.153 e. The standard InChI is InChI=1S/C49H27N5O/c50-28-30-17-20-43-40(24-30)38-14-3-4-15-42(38)53(43)34-10-5-8-32(26-34)36-12-1-2-13-37(36)33-9-6-11-35(27-33)54-44-21-18-31(29-51)25-41(44)47-45(54)22-19-39-48-46(55-49(39)47)16-7-23-52-48/h1-27H. The van der Waals surface area contributed by atoms with Gasteiger partial charge in [0, 0.05) is 39.1 Å². The van der Waals surface area contributed by atoms with Crippen LogP contribution >= 0.6 is 0 Å². The molecular formula is C49H27N5O. The van der Waals surface area contributed by atoms with E-state index < -0.39 is 0 Å². The van der Waals surface area contributed by atoms with E-state index in [0.717, 1.165) is 99.3 Å². The summed E-state index contributed by atoms with van der Waals surface area (Å²) in [4.78, 5) is 4.62. The molecule has 0 saturated carbocycles. The van der Waals surface area contributed by atoms with E-state index in [-0.39, 0.29) is 0 Å². The monoisotopic (exact) mass is 701 g/mol. The van der Waals surface area contributed by atoms with Gasteiger partial charge in [-0.15, -0.1) is 0 Å². The highest BCUT2D eigenvalue weighted by molar-refractivity contribution is 6.23. The molecule has 0 radical (unpaired) electrons. The highest BCUT2D eigenvalue weighted by Gasteiger charge is 2.20. The zero-order valence-corrected chi connectivity index (χ0v) is 29.2. The molecule has 0 amide bonds. The Balaban J connectivity index is 1.08. The fourth-order valence-corrected chi connectivity index (χ4v) is 8.44. The normalized spacial score (nSPS) is 11.6. The van der Waals surface area contributed by atoms with Gasteiger partial charge in [-0.3, -0.25) is 4.98 Å². The summed E-state index contributed by atoms with van der Waals surface area (Å²) >= 11 is 0. The molecule has 55 heavy (non-hydrogen) atoms. The third kappa shape index (κ3) is 4.56. The SMILES string of the molecule is N#Cc1ccc2c(c1)c1ccccc1n2-c1cccc(-c2ccccc2-c2cccc(-n3c4ccc(C#N)cc4c4c5oc6cccnc6c5ccc43)c2)c1. The van der Waals surface area contributed by atoms with Gasteiger partial charge in [0.05, 0.1) is 50.7 Å². The molecule has 0 unspecified atom stereocenters. The van der Waals surface area contributed by atoms with Crippen LogP contribution in [0.1, 0.15) is 11.1 Å². The van der Waals surface area contributed by atoms with Crippen molar-refractivity contribution in [3.8, 4) is 45.8 Å². The van der Waals surface area contributed by atoms with Crippen molar-refractivity contribution in [2.45, 2.75) is 0 Å². The molecule has 4 heterocycles. The second-order valence-electron chi connectivity index (χ2n) is 13.8. The number of hydrogen-bond donors (Lipinski definition) is 0. The molecule has 0 atom stereocenters. The van der Waals surface area contributed by atoms with Crippen molar-refractivity contribution in [2.24, 2.45) is 0 Å². The zero-order valence-electron chi connectivity index (χ0n) is 29.2. The van der Waals surface area contributed by atoms with Crippen molar-refractivity contribution in [1.82, 2.24) is 14.1 Å². The summed E-state index contributed by atoms with van der Waals surface area (Å²) in [6.45, 7) is 0. The van der Waals surface area contributed by atoms with Crippen LogP contribution in [0.2, 0.25) is 0 Å². The van der Waals surface area contributed by atoms with Gasteiger partial charge in [-0.1, -0.05) is 66.7 Å². The molecule has 0 aliphatic carbocycles. The van der Waals surface area contributed by atoms with Gasteiger partial charge in [0.2, 0.25) is 0 Å². The lowest BCUT2D eigenvalue weighted by Crippen LogP contribution is -1.96. The predicted octanol–water partition coefficient (Wildman–Crippen LogP) is 12.3. The first-order chi connectivity index (χ1) is 27.2. The molecular weight excluding hydrogens is 675 g/mol. The Morgan fingerprint density at radius 2 is 1.07 bits per heavy atom. The van der Waals surface area contributed by atoms with Gasteiger partial charge < -0.3 is 13.6 Å². The summed E-state index contributed by atoms with van der Waals surface area (Å²) < 4.78 is 11.0. The lowest BCUT2D eigenvalue weighted by atomic mass is 9.94. The van der Waals surface area contributed by atoms with Crippen LogP contribution in [0.3, 0.4) is 0 Å². The minimum atomic E-state index is 0.593. The Hall–Kier alpha value is -7.93. The van der Waals surface area contributed by atoms with Crippen LogP contribution in [0.15, 0.2) is 168 Å². The van der Waals surface area contributed by atoms with Crippen LogP contribution in [0.25, 0.3) is 99.3 Å². The lowest BCUT2D eigenvalue weighted by Gasteiger charge is -2.15. The predicted molar refractivity (Wildman–Crippen MR) is 220 cm³/mol. The molecule has 0 bridgehead atoms. The van der Waals surface area contributed by atoms with E-state index in [4.69, 9.17) is 4.42 Å². The number of pyridine rings is 1. The number of para-hydroxylation sites is 1. The fourth-order valence-electron chi connectivity index (χ4n) is 8.44. The van der Waals surface area contributed by atoms with Crippen LogP contribution in [0.5, 0.6) is 0 Å². The average Bonchev–Trinajstić information content (AvgIpc) is 3.91. The second kappa shape index (κ2) is 11.8. The summed E-state index contributed by atoms with van der Waals surface area (Å²) in [6.07, 6.45) is 1.79. The van der Waals surface area contributed by atoms with Crippen LogP contribution in [-0.2, 0) is 0 Å². The van der Waals surface area contributed by atoms with E-state index in [2.05, 4.69) is 129 Å². The molecule has 0 aliphatic rings. The van der Waals surface area contributed by atoms with Gasteiger partial charge in [0.25, 0.3) is 0 Å². The van der Waals surface area contributed by atoms with Crippen LogP contribution in [0, 0.1) is 22.7 Å². The molecule has 11 aromatic rings. The van der Waals surface area contributed by atoms with Crippen molar-refractivity contribution < 1.29 is 4.42 Å². The van der Waals surface area contributed by atoms with E-state index in [1.807, 2.05) is 54.6 Å². The van der Waals surface area contributed by atoms with Crippen molar-refractivity contribution in [2.75, 3.05) is 0 Å². The van der Waals surface area contributed by atoms with Crippen molar-refractivity contribution >= 4 is 65.7 Å². The maximum atomic E-state index is 9.88. The van der Waals surface area contributed by atoms with Crippen LogP contribution in [0.4, 0.5) is 0 Å². The minimum absolute atomic E-state index is 0.593. The van der Waals surface area contributed by atoms with Gasteiger partial charge >= 0.3 is 0 Å². The number of aromatic nitrogens is 3. The van der Waals surface area contributed by atoms with E-state index in [1.165, 1.54) is 0 Å². The number of benzene rings is 7. The van der Waals surface area contributed by atoms with E-state index in [1.54, 1.807) is 6.20 Å². The first-order valence-corrected chi connectivity index (χ1v) is 18.1. The van der Waals surface area contributed by atoms with Gasteiger partial charge in [0.1, 0.15) is 11.1 Å². The summed E-state index contributed by atoms with van der Waals surface area (Å²) in [6, 6.07) is 58.7. The minimum Gasteiger partial charge on any atom is -0.454 e. The van der Waals surface area contributed by atoms with Crippen LogP contribution < -0.4 is 0 Å². The Labute approximate surface area is 314 Å². The molecule has 0 aliphatic heterocycles. The van der Waals surface area contributed by atoms with Gasteiger partial charge in [-0.2, -0.15) is 10.5 Å². The largest absolute Gasteiger partial charge is 0.454 e. The van der Waals surface area contributed by atoms with Gasteiger partial charge in [-0.05, 0) is 113 Å². The number of rotatable bonds is 4. The quantitative estimate of drug-likeness (QED) is 0.183. The Bertz CT molecular complexity index is 3480. The van der Waals surface area contributed by atoms with E-state index >= 15 is 0 Å². The first kappa shape index (κ1) is 30.7. The van der Waals surface area contributed by atoms with Crippen LogP contribution in [-0.4, -0.2) is 14.1 Å². The average molecular weight is 702 g/mol. The molecule has 11 rings (SSSR count). The molecule has 0 spiro atoms. The molecule has 6 heteroatoms. The topological polar surface area (TPSA) is 83.5 Å². The first-order valence-electron chi connectivity index (χ1n) is 18.1. The number of nitrogens with zero attached hydrogens (tertiary/aromatic N) is 5. The molecule has 4 aromatic heterocycles. The van der Waals surface area contributed by atoms with E-state index in [9.17, 15) is 10.5 Å². The Kier molecular flexibility index (Phi) is 6.58. The molecule has 0 fully saturated rings. The third-order valence-corrected chi connectivity index (χ3v) is 10.8. The molecule has 6 nitrogen and oxygen atoms in total. The fraction of sp³-hybridized carbons (Fsp3) is 0. The maximum absolute atomic E-state index is 9.88. The summed E-state index contributed by atoms with van der Waals surface area (Å²) in [5.41, 5.74) is 14.1. The number of nitriles is 2. The van der Waals surface area contributed by atoms with Gasteiger partial charge in [0.15, 0.2) is 5.58 Å². The Morgan fingerprint density at radius 3 is 1.78 bits per heavy atom. The van der Waals surface area contributed by atoms with Crippen molar-refractivity contribution in [1.29, 1.82) is 10.5 Å². The summed E-state index contributed by atoms with van der Waals surface area (Å²) in [5.74, 6) is 0. The summed E-state index contributed by atoms with van der Waals surface area (Å²) in [7, 11) is 0. The van der Waals surface area contributed by atoms with E-state index in [0.29, 0.717) is 11.1 Å². The third-order valence-electron chi connectivity index (χ3n) is 10.8. The Morgan fingerprint density at radius 1 is 0.473 bits per heavy atom. The number of hydrogen-bond acceptors (Lipinski definition) is 4. The number of furan rings is 1. The van der Waals surface area contributed by atoms with Crippen molar-refractivity contribution in [3.63, 3.8) is 0 Å². The summed E-state index contributed by atoms with van der Waals surface area (Å²) in [5, 5.41) is 24.6. The molecule has 254 valence electrons. The molecule has 7 aromatic carbocycles. The zero-order chi connectivity index (χ0) is 36.6. The molecule has 0 N–H and O–H groups in total. The number of fused-ring (bicyclic) bond motifs is 10. The maximum Gasteiger partial charge on any atom is 0.153 e. The van der Waals surface area contributed by atoms with Crippen molar-refractivity contribution in [3.05, 3.63) is 175 Å². The highest BCUT2D eigenvalue weighted by atomic mass is 16.3. The second-order valence-corrected chi connectivity index (χ2v) is 13.8. The highest BCUT2D eigenvalue weighted by Crippen LogP contribution is 2.42. The lowest BCUT2D eigenvalue weighted by molar-refractivity contribution is 0.672. The molecule has 0 saturated heterocycles.